The number of nitrogens with zero attached hydrogens (tertiary/aromatic N) is 1. The quantitative estimate of drug-likeness (QED) is 0.814. The molecule has 1 aromatic carbocycles. The molecule has 2 atom stereocenters. The van der Waals surface area contributed by atoms with Crippen LogP contribution in [0.5, 0.6) is 0 Å². The van der Waals surface area contributed by atoms with Crippen molar-refractivity contribution in [2.24, 2.45) is 0 Å². The van der Waals surface area contributed by atoms with Gasteiger partial charge in [0, 0.05) is 16.3 Å². The van der Waals surface area contributed by atoms with Crippen molar-refractivity contribution in [3.63, 3.8) is 0 Å². The van der Waals surface area contributed by atoms with E-state index in [2.05, 4.69) is 21.2 Å². The highest BCUT2D eigenvalue weighted by Gasteiger charge is 2.40. The van der Waals surface area contributed by atoms with E-state index in [0.717, 1.165) is 6.42 Å². The van der Waals surface area contributed by atoms with Crippen LogP contribution in [0.4, 0.5) is 0 Å². The Labute approximate surface area is 144 Å². The summed E-state index contributed by atoms with van der Waals surface area (Å²) in [5.74, 6) is 0.557. The van der Waals surface area contributed by atoms with Crippen LogP contribution in [0.25, 0.3) is 0 Å². The number of amides is 1. The Balaban J connectivity index is 2.24. The Morgan fingerprint density at radius 3 is 2.91 bits per heavy atom. The number of rotatable bonds is 5. The van der Waals surface area contributed by atoms with Gasteiger partial charge in [-0.05, 0) is 31.5 Å². The highest BCUT2D eigenvalue weighted by atomic mass is 79.9. The molecule has 0 saturated carbocycles. The van der Waals surface area contributed by atoms with Crippen LogP contribution in [0.1, 0.15) is 20.3 Å². The van der Waals surface area contributed by atoms with Gasteiger partial charge in [0.15, 0.2) is 0 Å². The largest absolute Gasteiger partial charge is 0.352 e. The van der Waals surface area contributed by atoms with Crippen molar-refractivity contribution in [2.45, 2.75) is 37.2 Å². The molecule has 1 fully saturated rings. The molecule has 1 N–H and O–H groups in total. The van der Waals surface area contributed by atoms with E-state index in [1.54, 1.807) is 24.3 Å². The van der Waals surface area contributed by atoms with Crippen LogP contribution in [0.2, 0.25) is 0 Å². The molecule has 1 aliphatic rings. The topological polar surface area (TPSA) is 66.5 Å². The molecule has 8 heteroatoms. The number of halogens is 1. The van der Waals surface area contributed by atoms with Crippen molar-refractivity contribution in [1.82, 2.24) is 9.62 Å². The maximum Gasteiger partial charge on any atom is 0.244 e. The fourth-order valence-corrected chi connectivity index (χ4v) is 5.82. The standard InChI is InChI=1S/C14H19BrN2O3S2/c1-3-10(2)16-14(18)13-8-21-9-17(13)22(19,20)12-6-4-5-11(15)7-12/h4-7,10,13H,3,8-9H2,1-2H3,(H,16,18). The summed E-state index contributed by atoms with van der Waals surface area (Å²) in [5, 5.41) is 2.87. The van der Waals surface area contributed by atoms with E-state index in [-0.39, 0.29) is 16.8 Å². The lowest BCUT2D eigenvalue weighted by Gasteiger charge is -2.24. The maximum absolute atomic E-state index is 12.8. The van der Waals surface area contributed by atoms with Crippen molar-refractivity contribution < 1.29 is 13.2 Å². The van der Waals surface area contributed by atoms with Crippen molar-refractivity contribution in [3.05, 3.63) is 28.7 Å². The van der Waals surface area contributed by atoms with E-state index in [4.69, 9.17) is 0 Å². The van der Waals surface area contributed by atoms with Crippen LogP contribution in [-0.4, -0.2) is 42.3 Å². The van der Waals surface area contributed by atoms with Crippen LogP contribution < -0.4 is 5.32 Å². The number of benzene rings is 1. The Morgan fingerprint density at radius 2 is 2.27 bits per heavy atom. The Morgan fingerprint density at radius 1 is 1.55 bits per heavy atom. The van der Waals surface area contributed by atoms with E-state index in [1.165, 1.54) is 16.1 Å². The molecule has 2 unspecified atom stereocenters. The molecule has 122 valence electrons. The second-order valence-corrected chi connectivity index (χ2v) is 8.99. The van der Waals surface area contributed by atoms with Crippen LogP contribution >= 0.6 is 27.7 Å². The predicted octanol–water partition coefficient (Wildman–Crippen LogP) is 2.43. The van der Waals surface area contributed by atoms with Crippen LogP contribution in [0.15, 0.2) is 33.6 Å². The fourth-order valence-electron chi connectivity index (χ4n) is 2.07. The van der Waals surface area contributed by atoms with Crippen molar-refractivity contribution >= 4 is 43.6 Å². The molecule has 1 aromatic rings. The van der Waals surface area contributed by atoms with Gasteiger partial charge in [0.2, 0.25) is 15.9 Å². The molecule has 0 aromatic heterocycles. The lowest BCUT2D eigenvalue weighted by atomic mass is 10.2. The lowest BCUT2D eigenvalue weighted by Crippen LogP contribution is -2.49. The van der Waals surface area contributed by atoms with E-state index in [1.807, 2.05) is 13.8 Å². The van der Waals surface area contributed by atoms with Crippen LogP contribution in [0.3, 0.4) is 0 Å². The number of carbonyl (C=O) groups is 1. The summed E-state index contributed by atoms with van der Waals surface area (Å²) >= 11 is 4.74. The summed E-state index contributed by atoms with van der Waals surface area (Å²) in [6, 6.07) is 5.94. The molecule has 5 nitrogen and oxygen atoms in total. The normalized spacial score (nSPS) is 20.8. The Bertz CT molecular complexity index is 651. The molecule has 0 radical (unpaired) electrons. The number of thioether (sulfide) groups is 1. The van der Waals surface area contributed by atoms with Gasteiger partial charge in [-0.1, -0.05) is 28.9 Å². The monoisotopic (exact) mass is 406 g/mol. The second kappa shape index (κ2) is 7.33. The average molecular weight is 407 g/mol. The molecule has 1 aliphatic heterocycles. The van der Waals surface area contributed by atoms with Crippen LogP contribution in [-0.2, 0) is 14.8 Å². The number of hydrogen-bond donors (Lipinski definition) is 1. The summed E-state index contributed by atoms with van der Waals surface area (Å²) < 4.78 is 27.5. The van der Waals surface area contributed by atoms with E-state index in [0.29, 0.717) is 16.1 Å². The summed E-state index contributed by atoms with van der Waals surface area (Å²) in [5.41, 5.74) is 0. The molecule has 0 spiro atoms. The zero-order valence-electron chi connectivity index (χ0n) is 12.5. The molecule has 22 heavy (non-hydrogen) atoms. The first-order valence-electron chi connectivity index (χ1n) is 7.01. The number of sulfonamides is 1. The zero-order valence-corrected chi connectivity index (χ0v) is 15.7. The van der Waals surface area contributed by atoms with Gasteiger partial charge in [-0.25, -0.2) is 8.42 Å². The molecule has 1 heterocycles. The second-order valence-electron chi connectivity index (χ2n) is 5.18. The maximum atomic E-state index is 12.8. The highest BCUT2D eigenvalue weighted by molar-refractivity contribution is 9.10. The fraction of sp³-hybridized carbons (Fsp3) is 0.500. The predicted molar refractivity (Wildman–Crippen MR) is 92.2 cm³/mol. The van der Waals surface area contributed by atoms with Gasteiger partial charge < -0.3 is 5.32 Å². The van der Waals surface area contributed by atoms with Gasteiger partial charge in [-0.2, -0.15) is 4.31 Å². The van der Waals surface area contributed by atoms with Crippen molar-refractivity contribution in [3.8, 4) is 0 Å². The van der Waals surface area contributed by atoms with Crippen LogP contribution in [0, 0.1) is 0 Å². The minimum absolute atomic E-state index is 0.0357. The molecule has 1 saturated heterocycles. The molecular formula is C14H19BrN2O3S2. The average Bonchev–Trinajstić information content (AvgIpc) is 2.97. The number of carbonyl (C=O) groups excluding carboxylic acids is 1. The van der Waals surface area contributed by atoms with E-state index in [9.17, 15) is 13.2 Å². The summed E-state index contributed by atoms with van der Waals surface area (Å²) in [6.45, 7) is 3.89. The number of nitrogens with one attached hydrogen (secondary N) is 1. The first-order valence-corrected chi connectivity index (χ1v) is 10.4. The van der Waals surface area contributed by atoms with E-state index >= 15 is 0 Å². The van der Waals surface area contributed by atoms with E-state index < -0.39 is 16.1 Å². The Kier molecular flexibility index (Phi) is 5.93. The van der Waals surface area contributed by atoms with Gasteiger partial charge >= 0.3 is 0 Å². The van der Waals surface area contributed by atoms with Gasteiger partial charge in [-0.15, -0.1) is 11.8 Å². The zero-order chi connectivity index (χ0) is 16.3. The minimum atomic E-state index is -3.68. The molecular weight excluding hydrogens is 388 g/mol. The van der Waals surface area contributed by atoms with Gasteiger partial charge in [0.25, 0.3) is 0 Å². The summed E-state index contributed by atoms with van der Waals surface area (Å²) in [6.07, 6.45) is 0.810. The first-order chi connectivity index (χ1) is 10.4. The van der Waals surface area contributed by atoms with Gasteiger partial charge in [-0.3, -0.25) is 4.79 Å². The SMILES string of the molecule is CCC(C)NC(=O)C1CSCN1S(=O)(=O)c1cccc(Br)c1. The third-order valence-corrected chi connectivity index (χ3v) is 7.07. The number of hydrogen-bond acceptors (Lipinski definition) is 4. The molecule has 1 amide bonds. The first kappa shape index (κ1) is 17.8. The lowest BCUT2D eigenvalue weighted by molar-refractivity contribution is -0.124. The smallest absolute Gasteiger partial charge is 0.244 e. The highest BCUT2D eigenvalue weighted by Crippen LogP contribution is 2.29. The minimum Gasteiger partial charge on any atom is -0.352 e. The van der Waals surface area contributed by atoms with Gasteiger partial charge in [0.05, 0.1) is 10.8 Å². The molecule has 2 rings (SSSR count). The molecule has 0 bridgehead atoms. The van der Waals surface area contributed by atoms with Gasteiger partial charge in [0.1, 0.15) is 6.04 Å². The third-order valence-electron chi connectivity index (χ3n) is 3.55. The van der Waals surface area contributed by atoms with Crippen molar-refractivity contribution in [1.29, 1.82) is 0 Å². The third kappa shape index (κ3) is 3.84. The summed E-state index contributed by atoms with van der Waals surface area (Å²) in [4.78, 5) is 12.5. The molecule has 0 aliphatic carbocycles. The van der Waals surface area contributed by atoms with Crippen molar-refractivity contribution in [2.75, 3.05) is 11.6 Å². The summed E-state index contributed by atoms with van der Waals surface area (Å²) in [7, 11) is -3.68. The Hall–Kier alpha value is -0.570.